The van der Waals surface area contributed by atoms with Gasteiger partial charge in [-0.1, -0.05) is 0 Å². The second kappa shape index (κ2) is 6.59. The number of aliphatic hydroxyl groups is 1. The van der Waals surface area contributed by atoms with Gasteiger partial charge >= 0.3 is 0 Å². The van der Waals surface area contributed by atoms with Gasteiger partial charge in [0.2, 0.25) is 0 Å². The number of benzene rings is 1. The standard InChI is InChI=1S/C19H24N4O2/c24-17-5-7-19(8-6-17)9-11-22(12-10-19)18(25)15-1-3-16(4-2-15)23-14-20-13-21-23/h1-4,13-14,17,24H,5-12H2. The summed E-state index contributed by atoms with van der Waals surface area (Å²) < 4.78 is 1.68. The third-order valence-electron chi connectivity index (χ3n) is 5.92. The minimum Gasteiger partial charge on any atom is -0.393 e. The van der Waals surface area contributed by atoms with Gasteiger partial charge in [-0.15, -0.1) is 0 Å². The van der Waals surface area contributed by atoms with Crippen molar-refractivity contribution in [3.05, 3.63) is 42.5 Å². The van der Waals surface area contributed by atoms with Crippen LogP contribution in [0.15, 0.2) is 36.9 Å². The molecule has 1 aromatic carbocycles. The van der Waals surface area contributed by atoms with Crippen molar-refractivity contribution in [2.75, 3.05) is 13.1 Å². The van der Waals surface area contributed by atoms with E-state index in [1.807, 2.05) is 29.2 Å². The zero-order valence-electron chi connectivity index (χ0n) is 14.3. The number of piperidine rings is 1. The Morgan fingerprint density at radius 2 is 1.76 bits per heavy atom. The van der Waals surface area contributed by atoms with Crippen LogP contribution in [0.2, 0.25) is 0 Å². The van der Waals surface area contributed by atoms with Crippen LogP contribution < -0.4 is 0 Å². The fourth-order valence-electron chi connectivity index (χ4n) is 4.18. The van der Waals surface area contributed by atoms with Crippen molar-refractivity contribution in [2.24, 2.45) is 5.41 Å². The average molecular weight is 340 g/mol. The molecule has 1 aliphatic heterocycles. The van der Waals surface area contributed by atoms with Crippen LogP contribution in [0.4, 0.5) is 0 Å². The Labute approximate surface area is 147 Å². The van der Waals surface area contributed by atoms with Gasteiger partial charge in [0.25, 0.3) is 5.91 Å². The summed E-state index contributed by atoms with van der Waals surface area (Å²) in [6.07, 6.45) is 9.16. The highest BCUT2D eigenvalue weighted by Gasteiger charge is 2.38. The molecule has 0 bridgehead atoms. The summed E-state index contributed by atoms with van der Waals surface area (Å²) >= 11 is 0. The number of rotatable bonds is 2. The highest BCUT2D eigenvalue weighted by molar-refractivity contribution is 5.94. The van der Waals surface area contributed by atoms with Crippen LogP contribution in [0, 0.1) is 5.41 Å². The fourth-order valence-corrected chi connectivity index (χ4v) is 4.18. The van der Waals surface area contributed by atoms with Gasteiger partial charge < -0.3 is 10.0 Å². The van der Waals surface area contributed by atoms with E-state index >= 15 is 0 Å². The second-order valence-electron chi connectivity index (χ2n) is 7.41. The molecule has 0 atom stereocenters. The van der Waals surface area contributed by atoms with E-state index in [2.05, 4.69) is 10.1 Å². The first-order valence-corrected chi connectivity index (χ1v) is 9.08. The van der Waals surface area contributed by atoms with Crippen LogP contribution >= 0.6 is 0 Å². The lowest BCUT2D eigenvalue weighted by Gasteiger charge is -2.45. The fraction of sp³-hybridized carbons (Fsp3) is 0.526. The van der Waals surface area contributed by atoms with Crippen LogP contribution in [0.3, 0.4) is 0 Å². The highest BCUT2D eigenvalue weighted by Crippen LogP contribution is 2.44. The summed E-state index contributed by atoms with van der Waals surface area (Å²) in [6, 6.07) is 7.52. The van der Waals surface area contributed by atoms with Gasteiger partial charge in [-0.2, -0.15) is 5.10 Å². The lowest BCUT2D eigenvalue weighted by atomic mass is 9.67. The van der Waals surface area contributed by atoms with Gasteiger partial charge in [0.05, 0.1) is 11.8 Å². The van der Waals surface area contributed by atoms with E-state index in [9.17, 15) is 9.90 Å². The number of carbonyl (C=O) groups is 1. The van der Waals surface area contributed by atoms with Crippen molar-refractivity contribution in [3.8, 4) is 5.69 Å². The molecule has 1 spiro atoms. The molecule has 1 saturated heterocycles. The molecule has 132 valence electrons. The summed E-state index contributed by atoms with van der Waals surface area (Å²) in [5.41, 5.74) is 1.97. The molecule has 0 unspecified atom stereocenters. The van der Waals surface area contributed by atoms with E-state index in [1.165, 1.54) is 6.33 Å². The molecule has 2 fully saturated rings. The van der Waals surface area contributed by atoms with Crippen molar-refractivity contribution in [1.29, 1.82) is 0 Å². The third kappa shape index (κ3) is 3.31. The number of carbonyl (C=O) groups excluding carboxylic acids is 1. The largest absolute Gasteiger partial charge is 0.393 e. The van der Waals surface area contributed by atoms with Crippen molar-refractivity contribution in [2.45, 2.75) is 44.6 Å². The Balaban J connectivity index is 1.39. The highest BCUT2D eigenvalue weighted by atomic mass is 16.3. The Hall–Kier alpha value is -2.21. The Bertz CT molecular complexity index is 708. The molecule has 6 nitrogen and oxygen atoms in total. The van der Waals surface area contributed by atoms with Crippen molar-refractivity contribution >= 4 is 5.91 Å². The molecule has 6 heteroatoms. The zero-order chi connectivity index (χ0) is 17.3. The third-order valence-corrected chi connectivity index (χ3v) is 5.92. The predicted octanol–water partition coefficient (Wildman–Crippen LogP) is 2.42. The molecule has 25 heavy (non-hydrogen) atoms. The Morgan fingerprint density at radius 3 is 2.36 bits per heavy atom. The number of hydrogen-bond donors (Lipinski definition) is 1. The van der Waals surface area contributed by atoms with Crippen LogP contribution in [0.25, 0.3) is 5.69 Å². The second-order valence-corrected chi connectivity index (χ2v) is 7.41. The summed E-state index contributed by atoms with van der Waals surface area (Å²) in [5.74, 6) is 0.107. The molecule has 1 N–H and O–H groups in total. The first kappa shape index (κ1) is 16.3. The molecule has 1 saturated carbocycles. The van der Waals surface area contributed by atoms with E-state index in [-0.39, 0.29) is 12.0 Å². The van der Waals surface area contributed by atoms with Gasteiger partial charge in [-0.25, -0.2) is 9.67 Å². The summed E-state index contributed by atoms with van der Waals surface area (Å²) in [6.45, 7) is 1.64. The van der Waals surface area contributed by atoms with Crippen molar-refractivity contribution in [1.82, 2.24) is 19.7 Å². The lowest BCUT2D eigenvalue weighted by Crippen LogP contribution is -2.45. The van der Waals surface area contributed by atoms with E-state index in [4.69, 9.17) is 0 Å². The number of aromatic nitrogens is 3. The maximum absolute atomic E-state index is 12.8. The summed E-state index contributed by atoms with van der Waals surface area (Å²) in [5, 5.41) is 13.8. The van der Waals surface area contributed by atoms with E-state index in [0.717, 1.165) is 62.9 Å². The van der Waals surface area contributed by atoms with Gasteiger partial charge in [0.1, 0.15) is 12.7 Å². The van der Waals surface area contributed by atoms with Gasteiger partial charge in [0.15, 0.2) is 0 Å². The Kier molecular flexibility index (Phi) is 4.29. The van der Waals surface area contributed by atoms with Crippen LogP contribution in [0.5, 0.6) is 0 Å². The molecule has 2 heterocycles. The minimum absolute atomic E-state index is 0.107. The van der Waals surface area contributed by atoms with Gasteiger partial charge in [0, 0.05) is 18.7 Å². The van der Waals surface area contributed by atoms with Gasteiger partial charge in [-0.05, 0) is 68.2 Å². The van der Waals surface area contributed by atoms with E-state index in [1.54, 1.807) is 11.0 Å². The van der Waals surface area contributed by atoms with Crippen molar-refractivity contribution < 1.29 is 9.90 Å². The number of likely N-dealkylation sites (tertiary alicyclic amines) is 1. The maximum Gasteiger partial charge on any atom is 0.253 e. The smallest absolute Gasteiger partial charge is 0.253 e. The monoisotopic (exact) mass is 340 g/mol. The molecule has 0 radical (unpaired) electrons. The molecular weight excluding hydrogens is 316 g/mol. The molecule has 1 aliphatic carbocycles. The summed E-state index contributed by atoms with van der Waals surface area (Å²) in [7, 11) is 0. The zero-order valence-corrected chi connectivity index (χ0v) is 14.3. The minimum atomic E-state index is -0.117. The maximum atomic E-state index is 12.8. The number of aliphatic hydroxyl groups excluding tert-OH is 1. The van der Waals surface area contributed by atoms with Crippen LogP contribution in [-0.2, 0) is 0 Å². The SMILES string of the molecule is O=C(c1ccc(-n2cncn2)cc1)N1CCC2(CCC(O)CC2)CC1. The molecule has 1 amide bonds. The van der Waals surface area contributed by atoms with Crippen LogP contribution in [-0.4, -0.2) is 49.9 Å². The first-order chi connectivity index (χ1) is 12.2. The predicted molar refractivity (Wildman–Crippen MR) is 93.4 cm³/mol. The normalized spacial score (nSPS) is 20.8. The van der Waals surface area contributed by atoms with E-state index < -0.39 is 0 Å². The number of hydrogen-bond acceptors (Lipinski definition) is 4. The van der Waals surface area contributed by atoms with Crippen molar-refractivity contribution in [3.63, 3.8) is 0 Å². The molecule has 1 aromatic heterocycles. The summed E-state index contributed by atoms with van der Waals surface area (Å²) in [4.78, 5) is 18.7. The number of amides is 1. The average Bonchev–Trinajstić information content (AvgIpc) is 3.19. The Morgan fingerprint density at radius 1 is 1.08 bits per heavy atom. The number of nitrogens with zero attached hydrogens (tertiary/aromatic N) is 4. The quantitative estimate of drug-likeness (QED) is 0.911. The molecule has 2 aliphatic rings. The molecule has 4 rings (SSSR count). The van der Waals surface area contributed by atoms with Gasteiger partial charge in [-0.3, -0.25) is 4.79 Å². The molecular formula is C19H24N4O2. The van der Waals surface area contributed by atoms with E-state index in [0.29, 0.717) is 5.41 Å². The first-order valence-electron chi connectivity index (χ1n) is 9.08. The molecule has 2 aromatic rings. The topological polar surface area (TPSA) is 71.2 Å². The lowest BCUT2D eigenvalue weighted by molar-refractivity contribution is 0.0168. The van der Waals surface area contributed by atoms with Crippen LogP contribution in [0.1, 0.15) is 48.9 Å².